The fourth-order valence-electron chi connectivity index (χ4n) is 3.51. The summed E-state index contributed by atoms with van der Waals surface area (Å²) in [5, 5.41) is 10.1. The molecule has 3 rings (SSSR count). The zero-order valence-electron chi connectivity index (χ0n) is 19.8. The summed E-state index contributed by atoms with van der Waals surface area (Å²) in [6.45, 7) is 3.66. The number of carbonyl (C=O) groups is 1. The lowest BCUT2D eigenvalue weighted by atomic mass is 10.0. The molecule has 0 radical (unpaired) electrons. The summed E-state index contributed by atoms with van der Waals surface area (Å²) in [5.74, 6) is 1.29. The van der Waals surface area contributed by atoms with E-state index in [1.165, 1.54) is 0 Å². The molecule has 1 aromatic heterocycles. The van der Waals surface area contributed by atoms with Gasteiger partial charge in [-0.2, -0.15) is 5.10 Å². The average Bonchev–Trinajstić information content (AvgIpc) is 3.24. The van der Waals surface area contributed by atoms with Crippen LogP contribution >= 0.6 is 0 Å². The molecule has 1 amide bonds. The van der Waals surface area contributed by atoms with E-state index in [1.54, 1.807) is 13.3 Å². The van der Waals surface area contributed by atoms with Crippen molar-refractivity contribution in [1.82, 2.24) is 15.1 Å². The minimum Gasteiger partial charge on any atom is -0.497 e. The number of aryl methyl sites for hydroxylation is 2. The second-order valence-electron chi connectivity index (χ2n) is 8.16. The molecule has 2 aromatic carbocycles. The number of nitrogens with two attached hydrogens (primary N) is 1. The predicted molar refractivity (Wildman–Crippen MR) is 131 cm³/mol. The number of H-pyrrole nitrogens is 1. The van der Waals surface area contributed by atoms with E-state index in [4.69, 9.17) is 15.2 Å². The number of benzene rings is 2. The van der Waals surface area contributed by atoms with Crippen molar-refractivity contribution in [2.75, 3.05) is 39.7 Å². The smallest absolute Gasteiger partial charge is 0.224 e. The maximum Gasteiger partial charge on any atom is 0.224 e. The lowest BCUT2D eigenvalue weighted by Crippen LogP contribution is -2.20. The van der Waals surface area contributed by atoms with Gasteiger partial charge in [-0.15, -0.1) is 0 Å². The average molecular weight is 452 g/mol. The second-order valence-corrected chi connectivity index (χ2v) is 8.16. The standard InChI is InChI=1S/C25H33N5O3/c1-17-22(16-27-29-17)19-6-9-23(24(14-19)33-12-11-30(2)3)28-25(31)10-7-18-13-21(32-4)8-5-20(18)15-26/h5-6,8-9,13-14,16H,7,10-12,15,26H2,1-4H3,(H,27,29)(H,28,31). The lowest BCUT2D eigenvalue weighted by Gasteiger charge is -2.16. The zero-order chi connectivity index (χ0) is 23.8. The number of amides is 1. The number of anilines is 1. The minimum atomic E-state index is -0.0921. The molecule has 4 N–H and O–H groups in total. The third-order valence-corrected chi connectivity index (χ3v) is 5.45. The van der Waals surface area contributed by atoms with Crippen LogP contribution < -0.4 is 20.5 Å². The first kappa shape index (κ1) is 24.3. The number of aromatic amines is 1. The summed E-state index contributed by atoms with van der Waals surface area (Å²) in [6.07, 6.45) is 2.67. The summed E-state index contributed by atoms with van der Waals surface area (Å²) < 4.78 is 11.3. The molecule has 0 unspecified atom stereocenters. The Hall–Kier alpha value is -3.36. The van der Waals surface area contributed by atoms with Crippen LogP contribution in [0.4, 0.5) is 5.69 Å². The molecule has 0 saturated heterocycles. The maximum absolute atomic E-state index is 12.8. The molecular formula is C25H33N5O3. The summed E-state index contributed by atoms with van der Waals surface area (Å²) in [5.41, 5.74) is 11.5. The minimum absolute atomic E-state index is 0.0921. The second kappa shape index (κ2) is 11.5. The van der Waals surface area contributed by atoms with E-state index in [-0.39, 0.29) is 5.91 Å². The van der Waals surface area contributed by atoms with Crippen LogP contribution in [-0.2, 0) is 17.8 Å². The van der Waals surface area contributed by atoms with Crippen molar-refractivity contribution in [2.24, 2.45) is 5.73 Å². The molecule has 0 atom stereocenters. The van der Waals surface area contributed by atoms with E-state index in [9.17, 15) is 4.79 Å². The first-order valence-corrected chi connectivity index (χ1v) is 11.0. The van der Waals surface area contributed by atoms with Crippen LogP contribution in [0.3, 0.4) is 0 Å². The van der Waals surface area contributed by atoms with Crippen LogP contribution in [0.15, 0.2) is 42.6 Å². The van der Waals surface area contributed by atoms with Gasteiger partial charge in [0.05, 0.1) is 19.0 Å². The van der Waals surface area contributed by atoms with Crippen LogP contribution in [0.2, 0.25) is 0 Å². The predicted octanol–water partition coefficient (Wildman–Crippen LogP) is 3.36. The highest BCUT2D eigenvalue weighted by atomic mass is 16.5. The maximum atomic E-state index is 12.8. The Morgan fingerprint density at radius 1 is 1.18 bits per heavy atom. The van der Waals surface area contributed by atoms with Crippen LogP contribution in [0.25, 0.3) is 11.1 Å². The molecule has 3 aromatic rings. The Bertz CT molecular complexity index is 1080. The molecule has 0 fully saturated rings. The van der Waals surface area contributed by atoms with Gasteiger partial charge in [0.2, 0.25) is 5.91 Å². The number of methoxy groups -OCH3 is 1. The van der Waals surface area contributed by atoms with E-state index in [1.807, 2.05) is 62.3 Å². The number of aromatic nitrogens is 2. The highest BCUT2D eigenvalue weighted by Crippen LogP contribution is 2.32. The topological polar surface area (TPSA) is 106 Å². The van der Waals surface area contributed by atoms with Crippen LogP contribution in [0.1, 0.15) is 23.2 Å². The SMILES string of the molecule is COc1ccc(CN)c(CCC(=O)Nc2ccc(-c3cn[nH]c3C)cc2OCCN(C)C)c1. The number of carbonyl (C=O) groups excluding carboxylic acids is 1. The van der Waals surface area contributed by atoms with Gasteiger partial charge in [-0.1, -0.05) is 12.1 Å². The Morgan fingerprint density at radius 3 is 2.67 bits per heavy atom. The van der Waals surface area contributed by atoms with E-state index < -0.39 is 0 Å². The van der Waals surface area contributed by atoms with E-state index in [0.717, 1.165) is 40.2 Å². The quantitative estimate of drug-likeness (QED) is 0.413. The number of ether oxygens (including phenoxy) is 2. The van der Waals surface area contributed by atoms with Crippen LogP contribution in [0, 0.1) is 6.92 Å². The van der Waals surface area contributed by atoms with E-state index >= 15 is 0 Å². The third-order valence-electron chi connectivity index (χ3n) is 5.45. The number of hydrogen-bond donors (Lipinski definition) is 3. The van der Waals surface area contributed by atoms with Crippen molar-refractivity contribution in [3.05, 3.63) is 59.4 Å². The van der Waals surface area contributed by atoms with Gasteiger partial charge in [-0.25, -0.2) is 0 Å². The summed E-state index contributed by atoms with van der Waals surface area (Å²) in [4.78, 5) is 14.8. The third kappa shape index (κ3) is 6.57. The Kier molecular flexibility index (Phi) is 8.46. The highest BCUT2D eigenvalue weighted by Gasteiger charge is 2.13. The first-order valence-electron chi connectivity index (χ1n) is 11.0. The van der Waals surface area contributed by atoms with Gasteiger partial charge in [-0.05, 0) is 68.4 Å². The van der Waals surface area contributed by atoms with E-state index in [0.29, 0.717) is 37.4 Å². The summed E-state index contributed by atoms with van der Waals surface area (Å²) in [6, 6.07) is 11.5. The van der Waals surface area contributed by atoms with Gasteiger partial charge in [-0.3, -0.25) is 9.89 Å². The molecule has 0 spiro atoms. The van der Waals surface area contributed by atoms with Gasteiger partial charge in [0, 0.05) is 30.8 Å². The number of rotatable bonds is 11. The number of hydrogen-bond acceptors (Lipinski definition) is 6. The summed E-state index contributed by atoms with van der Waals surface area (Å²) >= 11 is 0. The van der Waals surface area contributed by atoms with Crippen LogP contribution in [-0.4, -0.2) is 55.4 Å². The molecule has 0 saturated carbocycles. The van der Waals surface area contributed by atoms with Gasteiger partial charge in [0.25, 0.3) is 0 Å². The molecule has 0 aliphatic rings. The molecule has 0 aliphatic heterocycles. The molecule has 176 valence electrons. The largest absolute Gasteiger partial charge is 0.497 e. The normalized spacial score (nSPS) is 11.0. The highest BCUT2D eigenvalue weighted by molar-refractivity contribution is 5.93. The van der Waals surface area contributed by atoms with Crippen molar-refractivity contribution in [3.8, 4) is 22.6 Å². The van der Waals surface area contributed by atoms with Crippen molar-refractivity contribution < 1.29 is 14.3 Å². The van der Waals surface area contributed by atoms with Crippen molar-refractivity contribution in [1.29, 1.82) is 0 Å². The van der Waals surface area contributed by atoms with Crippen LogP contribution in [0.5, 0.6) is 11.5 Å². The molecule has 8 nitrogen and oxygen atoms in total. The molecule has 0 aliphatic carbocycles. The lowest BCUT2D eigenvalue weighted by molar-refractivity contribution is -0.116. The number of likely N-dealkylation sites (N-methyl/N-ethyl adjacent to an activating group) is 1. The first-order chi connectivity index (χ1) is 15.9. The van der Waals surface area contributed by atoms with E-state index in [2.05, 4.69) is 15.5 Å². The molecule has 1 heterocycles. The fourth-order valence-corrected chi connectivity index (χ4v) is 3.51. The van der Waals surface area contributed by atoms with Crippen molar-refractivity contribution >= 4 is 11.6 Å². The Balaban J connectivity index is 1.74. The van der Waals surface area contributed by atoms with Crippen molar-refractivity contribution in [3.63, 3.8) is 0 Å². The van der Waals surface area contributed by atoms with Gasteiger partial charge in [0.15, 0.2) is 0 Å². The van der Waals surface area contributed by atoms with Gasteiger partial charge >= 0.3 is 0 Å². The fraction of sp³-hybridized carbons (Fsp3) is 0.360. The molecule has 8 heteroatoms. The zero-order valence-corrected chi connectivity index (χ0v) is 19.8. The Morgan fingerprint density at radius 2 is 2.00 bits per heavy atom. The molecule has 33 heavy (non-hydrogen) atoms. The summed E-state index contributed by atoms with van der Waals surface area (Å²) in [7, 11) is 5.61. The van der Waals surface area contributed by atoms with Gasteiger partial charge in [0.1, 0.15) is 18.1 Å². The molecule has 0 bridgehead atoms. The number of nitrogens with zero attached hydrogens (tertiary/aromatic N) is 2. The monoisotopic (exact) mass is 451 g/mol. The number of nitrogens with one attached hydrogen (secondary N) is 2. The molecular weight excluding hydrogens is 418 g/mol. The van der Waals surface area contributed by atoms with Crippen molar-refractivity contribution in [2.45, 2.75) is 26.3 Å². The Labute approximate surface area is 195 Å². The van der Waals surface area contributed by atoms with Gasteiger partial charge < -0.3 is 25.4 Å².